The van der Waals surface area contributed by atoms with E-state index in [9.17, 15) is 4.79 Å². The number of amides is 1. The predicted molar refractivity (Wildman–Crippen MR) is 125 cm³/mol. The summed E-state index contributed by atoms with van der Waals surface area (Å²) in [6, 6.07) is 15.5. The van der Waals surface area contributed by atoms with Gasteiger partial charge < -0.3 is 15.1 Å². The van der Waals surface area contributed by atoms with E-state index in [0.29, 0.717) is 18.5 Å². The smallest absolute Gasteiger partial charge is 0.223 e. The van der Waals surface area contributed by atoms with Crippen LogP contribution in [0.2, 0.25) is 0 Å². The topological polar surface area (TPSA) is 48.5 Å². The molecule has 3 heterocycles. The second-order valence-corrected chi connectivity index (χ2v) is 9.23. The van der Waals surface area contributed by atoms with Crippen LogP contribution in [0.4, 0.5) is 0 Å². The number of nitrogens with zero attached hydrogens (tertiary/aromatic N) is 3. The van der Waals surface area contributed by atoms with Crippen LogP contribution in [0.5, 0.6) is 0 Å². The van der Waals surface area contributed by atoms with Crippen LogP contribution in [-0.2, 0) is 11.3 Å². The van der Waals surface area contributed by atoms with Gasteiger partial charge in [-0.15, -0.1) is 0 Å². The van der Waals surface area contributed by atoms with Crippen molar-refractivity contribution >= 4 is 5.91 Å². The van der Waals surface area contributed by atoms with Gasteiger partial charge in [0.1, 0.15) is 0 Å². The monoisotopic (exact) mass is 420 g/mol. The number of pyridine rings is 1. The van der Waals surface area contributed by atoms with Crippen LogP contribution in [-0.4, -0.2) is 59.5 Å². The number of aromatic nitrogens is 1. The molecule has 1 N–H and O–H groups in total. The molecule has 2 aliphatic heterocycles. The SMILES string of the molecule is C[C@@H](CN1CCC(N2CCC(C(=O)NCc3cccnc3)CC2)CC1)c1ccccc1. The van der Waals surface area contributed by atoms with E-state index >= 15 is 0 Å². The molecule has 5 nitrogen and oxygen atoms in total. The third-order valence-corrected chi connectivity index (χ3v) is 7.06. The molecule has 1 aromatic heterocycles. The van der Waals surface area contributed by atoms with Crippen molar-refractivity contribution in [1.82, 2.24) is 20.1 Å². The molecular weight excluding hydrogens is 384 g/mol. The highest BCUT2D eigenvalue weighted by atomic mass is 16.1. The lowest BCUT2D eigenvalue weighted by molar-refractivity contribution is -0.126. The molecule has 4 rings (SSSR count). The molecule has 1 atom stereocenters. The normalized spacial score (nSPS) is 20.4. The maximum absolute atomic E-state index is 12.6. The summed E-state index contributed by atoms with van der Waals surface area (Å²) in [5, 5.41) is 3.10. The number of benzene rings is 1. The van der Waals surface area contributed by atoms with Crippen molar-refractivity contribution < 1.29 is 4.79 Å². The Morgan fingerprint density at radius 1 is 1.03 bits per heavy atom. The van der Waals surface area contributed by atoms with E-state index in [4.69, 9.17) is 0 Å². The molecule has 2 aliphatic rings. The molecule has 2 saturated heterocycles. The van der Waals surface area contributed by atoms with Crippen LogP contribution in [0.1, 0.15) is 49.7 Å². The Kier molecular flexibility index (Phi) is 7.71. The van der Waals surface area contributed by atoms with Crippen molar-refractivity contribution in [3.8, 4) is 0 Å². The number of nitrogens with one attached hydrogen (secondary N) is 1. The van der Waals surface area contributed by atoms with Gasteiger partial charge in [-0.3, -0.25) is 9.78 Å². The first kappa shape index (κ1) is 22.0. The predicted octanol–water partition coefficient (Wildman–Crippen LogP) is 3.68. The largest absolute Gasteiger partial charge is 0.352 e. The van der Waals surface area contributed by atoms with E-state index in [1.165, 1.54) is 31.5 Å². The van der Waals surface area contributed by atoms with Gasteiger partial charge >= 0.3 is 0 Å². The van der Waals surface area contributed by atoms with E-state index in [1.54, 1.807) is 6.20 Å². The van der Waals surface area contributed by atoms with E-state index in [1.807, 2.05) is 18.3 Å². The number of hydrogen-bond acceptors (Lipinski definition) is 4. The first-order valence-corrected chi connectivity index (χ1v) is 11.9. The zero-order valence-corrected chi connectivity index (χ0v) is 18.7. The third kappa shape index (κ3) is 6.14. The Labute approximate surface area is 186 Å². The highest BCUT2D eigenvalue weighted by Crippen LogP contribution is 2.25. The van der Waals surface area contributed by atoms with Gasteiger partial charge in [0, 0.05) is 37.4 Å². The average molecular weight is 421 g/mol. The Hall–Kier alpha value is -2.24. The highest BCUT2D eigenvalue weighted by Gasteiger charge is 2.30. The number of carbonyl (C=O) groups is 1. The Bertz CT molecular complexity index is 797. The fourth-order valence-corrected chi connectivity index (χ4v) is 5.10. The lowest BCUT2D eigenvalue weighted by Crippen LogP contribution is -2.49. The molecule has 2 aromatic rings. The molecule has 0 radical (unpaired) electrons. The summed E-state index contributed by atoms with van der Waals surface area (Å²) in [7, 11) is 0. The van der Waals surface area contributed by atoms with Crippen molar-refractivity contribution in [1.29, 1.82) is 0 Å². The number of piperidine rings is 2. The number of likely N-dealkylation sites (tertiary alicyclic amines) is 2. The Balaban J connectivity index is 1.16. The van der Waals surface area contributed by atoms with Gasteiger partial charge in [0.2, 0.25) is 5.91 Å². The van der Waals surface area contributed by atoms with E-state index < -0.39 is 0 Å². The fourth-order valence-electron chi connectivity index (χ4n) is 5.10. The van der Waals surface area contributed by atoms with Gasteiger partial charge in [-0.25, -0.2) is 0 Å². The molecule has 166 valence electrons. The molecule has 0 spiro atoms. The molecule has 1 amide bonds. The molecule has 5 heteroatoms. The van der Waals surface area contributed by atoms with Crippen molar-refractivity contribution in [3.05, 3.63) is 66.0 Å². The summed E-state index contributed by atoms with van der Waals surface area (Å²) < 4.78 is 0. The van der Waals surface area contributed by atoms with Crippen molar-refractivity contribution in [3.63, 3.8) is 0 Å². The molecule has 31 heavy (non-hydrogen) atoms. The first-order chi connectivity index (χ1) is 15.2. The molecule has 0 unspecified atom stereocenters. The Morgan fingerprint density at radius 2 is 1.77 bits per heavy atom. The van der Waals surface area contributed by atoms with Crippen LogP contribution < -0.4 is 5.32 Å². The summed E-state index contributed by atoms with van der Waals surface area (Å²) in [4.78, 5) is 21.9. The lowest BCUT2D eigenvalue weighted by atomic mass is 9.92. The molecular formula is C26H36N4O. The summed E-state index contributed by atoms with van der Waals surface area (Å²) in [6.07, 6.45) is 8.03. The first-order valence-electron chi connectivity index (χ1n) is 11.9. The quantitative estimate of drug-likeness (QED) is 0.742. The van der Waals surface area contributed by atoms with E-state index in [-0.39, 0.29) is 11.8 Å². The zero-order chi connectivity index (χ0) is 21.5. The van der Waals surface area contributed by atoms with Gasteiger partial charge in [0.05, 0.1) is 0 Å². The zero-order valence-electron chi connectivity index (χ0n) is 18.7. The number of carbonyl (C=O) groups excluding carboxylic acids is 1. The summed E-state index contributed by atoms with van der Waals surface area (Å²) in [5.41, 5.74) is 2.50. The van der Waals surface area contributed by atoms with Gasteiger partial charge in [0.15, 0.2) is 0 Å². The average Bonchev–Trinajstić information content (AvgIpc) is 2.84. The number of hydrogen-bond donors (Lipinski definition) is 1. The molecule has 0 aliphatic carbocycles. The molecule has 0 saturated carbocycles. The summed E-state index contributed by atoms with van der Waals surface area (Å²) >= 11 is 0. The fraction of sp³-hybridized carbons (Fsp3) is 0.538. The Morgan fingerprint density at radius 3 is 2.45 bits per heavy atom. The van der Waals surface area contributed by atoms with Gasteiger partial charge in [-0.05, 0) is 75.0 Å². The van der Waals surface area contributed by atoms with E-state index in [2.05, 4.69) is 57.4 Å². The van der Waals surface area contributed by atoms with Crippen LogP contribution >= 0.6 is 0 Å². The standard InChI is InChI=1S/C26H36N4O/c1-21(23-7-3-2-4-8-23)20-29-14-11-25(12-15-29)30-16-9-24(10-17-30)26(31)28-19-22-6-5-13-27-18-22/h2-8,13,18,21,24-25H,9-12,14-17,19-20H2,1H3,(H,28,31)/t21-/m0/s1. The lowest BCUT2D eigenvalue weighted by Gasteiger charge is -2.42. The van der Waals surface area contributed by atoms with Gasteiger partial charge in [-0.1, -0.05) is 43.3 Å². The minimum Gasteiger partial charge on any atom is -0.352 e. The highest BCUT2D eigenvalue weighted by molar-refractivity contribution is 5.78. The molecule has 2 fully saturated rings. The van der Waals surface area contributed by atoms with Crippen LogP contribution in [0.3, 0.4) is 0 Å². The van der Waals surface area contributed by atoms with Crippen molar-refractivity contribution in [2.75, 3.05) is 32.7 Å². The maximum atomic E-state index is 12.6. The summed E-state index contributed by atoms with van der Waals surface area (Å²) in [5.74, 6) is 0.937. The third-order valence-electron chi connectivity index (χ3n) is 7.06. The van der Waals surface area contributed by atoms with Crippen LogP contribution in [0.15, 0.2) is 54.9 Å². The van der Waals surface area contributed by atoms with Crippen LogP contribution in [0, 0.1) is 5.92 Å². The molecule has 1 aromatic carbocycles. The summed E-state index contributed by atoms with van der Waals surface area (Å²) in [6.45, 7) is 8.54. The second-order valence-electron chi connectivity index (χ2n) is 9.23. The van der Waals surface area contributed by atoms with Gasteiger partial charge in [-0.2, -0.15) is 0 Å². The molecule has 0 bridgehead atoms. The van der Waals surface area contributed by atoms with Crippen molar-refractivity contribution in [2.45, 2.75) is 51.1 Å². The minimum atomic E-state index is 0.153. The maximum Gasteiger partial charge on any atom is 0.223 e. The number of rotatable bonds is 7. The second kappa shape index (κ2) is 10.9. The van der Waals surface area contributed by atoms with Gasteiger partial charge in [0.25, 0.3) is 0 Å². The van der Waals surface area contributed by atoms with E-state index in [0.717, 1.165) is 38.0 Å². The minimum absolute atomic E-state index is 0.153. The van der Waals surface area contributed by atoms with Crippen LogP contribution in [0.25, 0.3) is 0 Å². The van der Waals surface area contributed by atoms with Crippen molar-refractivity contribution in [2.24, 2.45) is 5.92 Å².